The minimum absolute atomic E-state index is 0.225. The Bertz CT molecular complexity index is 322. The molecule has 1 aliphatic heterocycles. The molecule has 1 rings (SSSR count). The Morgan fingerprint density at radius 1 is 1.05 bits per heavy atom. The third-order valence-electron chi connectivity index (χ3n) is 3.50. The Morgan fingerprint density at radius 3 is 2.24 bits per heavy atom. The van der Waals surface area contributed by atoms with E-state index in [0.29, 0.717) is 39.6 Å². The first-order valence-electron chi connectivity index (χ1n) is 7.58. The lowest BCUT2D eigenvalue weighted by Crippen LogP contribution is -2.41. The molecule has 1 heterocycles. The number of ether oxygens (including phenoxy) is 4. The highest BCUT2D eigenvalue weighted by Crippen LogP contribution is 2.26. The zero-order chi connectivity index (χ0) is 15.6. The van der Waals surface area contributed by atoms with Crippen molar-refractivity contribution >= 4 is 11.9 Å². The quantitative estimate of drug-likeness (QED) is 0.607. The topological polar surface area (TPSA) is 71.1 Å². The summed E-state index contributed by atoms with van der Waals surface area (Å²) in [5.74, 6) is -0.555. The highest BCUT2D eigenvalue weighted by molar-refractivity contribution is 5.72. The molecule has 0 saturated carbocycles. The first-order chi connectivity index (χ1) is 10.1. The molecular formula is C15H26O6. The first-order valence-corrected chi connectivity index (χ1v) is 7.58. The zero-order valence-electron chi connectivity index (χ0n) is 13.0. The van der Waals surface area contributed by atoms with Gasteiger partial charge in [0, 0.05) is 12.8 Å². The molecule has 0 spiro atoms. The van der Waals surface area contributed by atoms with Crippen LogP contribution in [0.25, 0.3) is 0 Å². The lowest BCUT2D eigenvalue weighted by molar-refractivity contribution is -0.187. The molecule has 0 aromatic heterocycles. The van der Waals surface area contributed by atoms with Crippen molar-refractivity contribution in [2.75, 3.05) is 33.2 Å². The molecule has 0 radical (unpaired) electrons. The van der Waals surface area contributed by atoms with E-state index in [9.17, 15) is 9.59 Å². The van der Waals surface area contributed by atoms with Crippen LogP contribution in [-0.2, 0) is 28.5 Å². The molecule has 0 amide bonds. The predicted molar refractivity (Wildman–Crippen MR) is 75.6 cm³/mol. The number of rotatable bonds is 9. The third kappa shape index (κ3) is 6.91. The molecule has 0 bridgehead atoms. The molecule has 0 unspecified atom stereocenters. The van der Waals surface area contributed by atoms with Crippen molar-refractivity contribution in [2.24, 2.45) is 5.41 Å². The van der Waals surface area contributed by atoms with Gasteiger partial charge in [0.1, 0.15) is 13.4 Å². The van der Waals surface area contributed by atoms with Crippen molar-refractivity contribution in [2.45, 2.75) is 46.0 Å². The van der Waals surface area contributed by atoms with Gasteiger partial charge in [-0.2, -0.15) is 0 Å². The van der Waals surface area contributed by atoms with Crippen molar-refractivity contribution in [3.8, 4) is 0 Å². The molecule has 6 nitrogen and oxygen atoms in total. The van der Waals surface area contributed by atoms with Crippen molar-refractivity contribution in [1.29, 1.82) is 0 Å². The van der Waals surface area contributed by atoms with E-state index in [4.69, 9.17) is 18.9 Å². The van der Waals surface area contributed by atoms with E-state index >= 15 is 0 Å². The van der Waals surface area contributed by atoms with Gasteiger partial charge in [-0.1, -0.05) is 13.8 Å². The third-order valence-corrected chi connectivity index (χ3v) is 3.50. The second-order valence-corrected chi connectivity index (χ2v) is 5.40. The van der Waals surface area contributed by atoms with E-state index in [0.717, 1.165) is 12.8 Å². The molecule has 0 aliphatic carbocycles. The summed E-state index contributed by atoms with van der Waals surface area (Å²) in [6.45, 7) is 6.07. The fourth-order valence-electron chi connectivity index (χ4n) is 1.98. The Balaban J connectivity index is 2.17. The van der Waals surface area contributed by atoms with E-state index < -0.39 is 0 Å². The normalized spacial score (nSPS) is 17.2. The van der Waals surface area contributed by atoms with Crippen LogP contribution in [0.2, 0.25) is 0 Å². The summed E-state index contributed by atoms with van der Waals surface area (Å²) >= 11 is 0. The second kappa shape index (κ2) is 9.73. The van der Waals surface area contributed by atoms with Crippen molar-refractivity contribution in [3.05, 3.63) is 0 Å². The van der Waals surface area contributed by atoms with Gasteiger partial charge in [-0.25, -0.2) is 0 Å². The minimum atomic E-state index is -0.295. The van der Waals surface area contributed by atoms with Crippen molar-refractivity contribution < 1.29 is 28.5 Å². The van der Waals surface area contributed by atoms with Gasteiger partial charge >= 0.3 is 11.9 Å². The number of esters is 2. The summed E-state index contributed by atoms with van der Waals surface area (Å²) in [7, 11) is 0. The Kier molecular flexibility index (Phi) is 8.30. The second-order valence-electron chi connectivity index (χ2n) is 5.40. The average Bonchev–Trinajstić information content (AvgIpc) is 2.52. The molecule has 122 valence electrons. The SMILES string of the molecule is CCCOC(=O)CCCC(=O)OCC1(CC)COCOC1. The Hall–Kier alpha value is -1.14. The maximum absolute atomic E-state index is 11.7. The zero-order valence-corrected chi connectivity index (χ0v) is 13.0. The van der Waals surface area contributed by atoms with Gasteiger partial charge in [-0.3, -0.25) is 9.59 Å². The van der Waals surface area contributed by atoms with Crippen LogP contribution < -0.4 is 0 Å². The average molecular weight is 302 g/mol. The van der Waals surface area contributed by atoms with Gasteiger partial charge in [0.15, 0.2) is 0 Å². The molecule has 0 aromatic carbocycles. The lowest BCUT2D eigenvalue weighted by Gasteiger charge is -2.35. The van der Waals surface area contributed by atoms with Gasteiger partial charge in [0.2, 0.25) is 0 Å². The fourth-order valence-corrected chi connectivity index (χ4v) is 1.98. The Labute approximate surface area is 126 Å². The maximum Gasteiger partial charge on any atom is 0.305 e. The highest BCUT2D eigenvalue weighted by Gasteiger charge is 2.33. The summed E-state index contributed by atoms with van der Waals surface area (Å²) in [6, 6.07) is 0. The summed E-state index contributed by atoms with van der Waals surface area (Å²) in [5, 5.41) is 0. The largest absolute Gasteiger partial charge is 0.466 e. The van der Waals surface area contributed by atoms with Crippen molar-refractivity contribution in [3.63, 3.8) is 0 Å². The van der Waals surface area contributed by atoms with E-state index in [1.807, 2.05) is 13.8 Å². The molecule has 0 N–H and O–H groups in total. The summed E-state index contributed by atoms with van der Waals surface area (Å²) in [6.07, 6.45) is 2.55. The van der Waals surface area contributed by atoms with Crippen LogP contribution in [0.3, 0.4) is 0 Å². The number of carbonyl (C=O) groups excluding carboxylic acids is 2. The minimum Gasteiger partial charge on any atom is -0.466 e. The first kappa shape index (κ1) is 17.9. The van der Waals surface area contributed by atoms with E-state index in [-0.39, 0.29) is 30.2 Å². The fraction of sp³-hybridized carbons (Fsp3) is 0.867. The molecule has 0 aromatic rings. The van der Waals surface area contributed by atoms with E-state index in [2.05, 4.69) is 0 Å². The molecule has 1 fully saturated rings. The van der Waals surface area contributed by atoms with Crippen LogP contribution in [0.4, 0.5) is 0 Å². The predicted octanol–water partition coefficient (Wildman–Crippen LogP) is 2.05. The Morgan fingerprint density at radius 2 is 1.67 bits per heavy atom. The van der Waals surface area contributed by atoms with E-state index in [1.54, 1.807) is 0 Å². The van der Waals surface area contributed by atoms with Crippen LogP contribution in [0.1, 0.15) is 46.0 Å². The summed E-state index contributed by atoms with van der Waals surface area (Å²) < 4.78 is 20.8. The van der Waals surface area contributed by atoms with Crippen LogP contribution in [0.15, 0.2) is 0 Å². The van der Waals surface area contributed by atoms with Gasteiger partial charge in [0.05, 0.1) is 25.2 Å². The van der Waals surface area contributed by atoms with Crippen LogP contribution in [0.5, 0.6) is 0 Å². The molecule has 21 heavy (non-hydrogen) atoms. The van der Waals surface area contributed by atoms with E-state index in [1.165, 1.54) is 0 Å². The van der Waals surface area contributed by atoms with Crippen molar-refractivity contribution in [1.82, 2.24) is 0 Å². The molecule has 0 atom stereocenters. The van der Waals surface area contributed by atoms with Gasteiger partial charge in [-0.05, 0) is 19.3 Å². The monoisotopic (exact) mass is 302 g/mol. The lowest BCUT2D eigenvalue weighted by atomic mass is 9.87. The standard InChI is InChI=1S/C15H26O6/c1-3-8-20-13(16)6-5-7-14(17)21-11-15(4-2)9-18-12-19-10-15/h3-12H2,1-2H3. The molecular weight excluding hydrogens is 276 g/mol. The smallest absolute Gasteiger partial charge is 0.305 e. The van der Waals surface area contributed by atoms with Gasteiger partial charge < -0.3 is 18.9 Å². The number of hydrogen-bond acceptors (Lipinski definition) is 6. The van der Waals surface area contributed by atoms with Gasteiger partial charge in [-0.15, -0.1) is 0 Å². The molecule has 6 heteroatoms. The highest BCUT2D eigenvalue weighted by atomic mass is 16.7. The van der Waals surface area contributed by atoms with Crippen LogP contribution in [0, 0.1) is 5.41 Å². The van der Waals surface area contributed by atoms with Crippen LogP contribution in [-0.4, -0.2) is 45.2 Å². The van der Waals surface area contributed by atoms with Gasteiger partial charge in [0.25, 0.3) is 0 Å². The molecule has 1 saturated heterocycles. The summed E-state index contributed by atoms with van der Waals surface area (Å²) in [5.41, 5.74) is -0.242. The number of hydrogen-bond donors (Lipinski definition) is 0. The maximum atomic E-state index is 11.7. The van der Waals surface area contributed by atoms with Crippen LogP contribution >= 0.6 is 0 Å². The molecule has 1 aliphatic rings. The summed E-state index contributed by atoms with van der Waals surface area (Å²) in [4.78, 5) is 23.0. The number of carbonyl (C=O) groups is 2.